The van der Waals surface area contributed by atoms with Crippen LogP contribution in [0, 0.1) is 0 Å². The molecule has 0 aliphatic heterocycles. The molecule has 0 aromatic heterocycles. The molecule has 0 saturated heterocycles. The van der Waals surface area contributed by atoms with E-state index in [9.17, 15) is 8.42 Å². The van der Waals surface area contributed by atoms with Crippen LogP contribution in [0.5, 0.6) is 0 Å². The maximum Gasteiger partial charge on any atom is 0.281 e. The fourth-order valence-electron chi connectivity index (χ4n) is 1.42. The Hall–Kier alpha value is -0.130. The zero-order valence-corrected chi connectivity index (χ0v) is 10.0. The molecule has 1 N–H and O–H groups in total. The fraction of sp³-hybridized carbons (Fsp3) is 1.00. The summed E-state index contributed by atoms with van der Waals surface area (Å²) in [5.41, 5.74) is 0. The third-order valence-corrected chi connectivity index (χ3v) is 3.57. The van der Waals surface area contributed by atoms with Gasteiger partial charge in [0.05, 0.1) is 0 Å². The van der Waals surface area contributed by atoms with Gasteiger partial charge in [-0.1, -0.05) is 32.6 Å². The molecule has 1 unspecified atom stereocenters. The standard InChI is InChI=1S/C9H21NO3S/c1-4-5-6-7-8-9(10(2)3)14(11,12)13/h9H,4-8H2,1-3H3,(H,11,12,13). The second kappa shape index (κ2) is 6.37. The van der Waals surface area contributed by atoms with E-state index in [0.29, 0.717) is 6.42 Å². The minimum Gasteiger partial charge on any atom is -0.291 e. The van der Waals surface area contributed by atoms with Crippen LogP contribution in [0.25, 0.3) is 0 Å². The summed E-state index contributed by atoms with van der Waals surface area (Å²) < 4.78 is 30.8. The van der Waals surface area contributed by atoms with Crippen LogP contribution in [0.4, 0.5) is 0 Å². The van der Waals surface area contributed by atoms with Gasteiger partial charge in [-0.25, -0.2) is 0 Å². The van der Waals surface area contributed by atoms with E-state index in [1.165, 1.54) is 0 Å². The minimum absolute atomic E-state index is 0.506. The molecular formula is C9H21NO3S. The van der Waals surface area contributed by atoms with Crippen LogP contribution < -0.4 is 0 Å². The predicted molar refractivity (Wildman–Crippen MR) is 57.8 cm³/mol. The first kappa shape index (κ1) is 13.9. The average molecular weight is 223 g/mol. The Balaban J connectivity index is 4.01. The van der Waals surface area contributed by atoms with Crippen molar-refractivity contribution in [3.63, 3.8) is 0 Å². The van der Waals surface area contributed by atoms with Crippen molar-refractivity contribution >= 4 is 10.1 Å². The molecule has 0 saturated carbocycles. The van der Waals surface area contributed by atoms with E-state index in [1.807, 2.05) is 0 Å². The number of hydrogen-bond acceptors (Lipinski definition) is 3. The molecule has 0 aliphatic rings. The molecule has 0 aromatic carbocycles. The van der Waals surface area contributed by atoms with Crippen LogP contribution in [-0.2, 0) is 10.1 Å². The molecule has 86 valence electrons. The van der Waals surface area contributed by atoms with Crippen molar-refractivity contribution in [3.05, 3.63) is 0 Å². The summed E-state index contributed by atoms with van der Waals surface area (Å²) in [4.78, 5) is 1.54. The summed E-state index contributed by atoms with van der Waals surface area (Å²) in [7, 11) is -0.596. The van der Waals surface area contributed by atoms with Crippen LogP contribution >= 0.6 is 0 Å². The summed E-state index contributed by atoms with van der Waals surface area (Å²) in [5, 5.41) is -0.751. The number of hydrogen-bond donors (Lipinski definition) is 1. The molecule has 5 heteroatoms. The first-order chi connectivity index (χ1) is 6.39. The van der Waals surface area contributed by atoms with Gasteiger partial charge in [0.2, 0.25) is 0 Å². The zero-order valence-electron chi connectivity index (χ0n) is 9.23. The van der Waals surface area contributed by atoms with E-state index in [0.717, 1.165) is 25.7 Å². The Morgan fingerprint density at radius 2 is 1.79 bits per heavy atom. The molecule has 0 bridgehead atoms. The predicted octanol–water partition coefficient (Wildman–Crippen LogP) is 1.73. The van der Waals surface area contributed by atoms with Crippen LogP contribution in [0.2, 0.25) is 0 Å². The maximum absolute atomic E-state index is 11.0. The normalized spacial score (nSPS) is 14.6. The number of nitrogens with zero attached hydrogens (tertiary/aromatic N) is 1. The van der Waals surface area contributed by atoms with Crippen LogP contribution in [0.1, 0.15) is 39.0 Å². The smallest absolute Gasteiger partial charge is 0.281 e. The molecular weight excluding hydrogens is 202 g/mol. The van der Waals surface area contributed by atoms with Crippen molar-refractivity contribution in [2.75, 3.05) is 14.1 Å². The van der Waals surface area contributed by atoms with Crippen molar-refractivity contribution in [2.45, 2.75) is 44.4 Å². The largest absolute Gasteiger partial charge is 0.291 e. The molecule has 14 heavy (non-hydrogen) atoms. The highest BCUT2D eigenvalue weighted by atomic mass is 32.2. The Morgan fingerprint density at radius 1 is 1.21 bits per heavy atom. The van der Waals surface area contributed by atoms with Crippen molar-refractivity contribution < 1.29 is 13.0 Å². The van der Waals surface area contributed by atoms with Crippen molar-refractivity contribution in [2.24, 2.45) is 0 Å². The number of unbranched alkanes of at least 4 members (excludes halogenated alkanes) is 3. The molecule has 4 nitrogen and oxygen atoms in total. The Bertz CT molecular complexity index is 236. The van der Waals surface area contributed by atoms with Crippen molar-refractivity contribution in [3.8, 4) is 0 Å². The van der Waals surface area contributed by atoms with Gasteiger partial charge in [0, 0.05) is 0 Å². The first-order valence-corrected chi connectivity index (χ1v) is 6.52. The van der Waals surface area contributed by atoms with E-state index in [1.54, 1.807) is 19.0 Å². The van der Waals surface area contributed by atoms with Crippen molar-refractivity contribution in [1.82, 2.24) is 4.90 Å². The molecule has 0 spiro atoms. The average Bonchev–Trinajstić information content (AvgIpc) is 2.01. The van der Waals surface area contributed by atoms with Gasteiger partial charge in [0.15, 0.2) is 0 Å². The van der Waals surface area contributed by atoms with E-state index < -0.39 is 15.5 Å². The van der Waals surface area contributed by atoms with Gasteiger partial charge in [-0.3, -0.25) is 9.45 Å². The van der Waals surface area contributed by atoms with Crippen LogP contribution in [0.15, 0.2) is 0 Å². The Kier molecular flexibility index (Phi) is 6.31. The third kappa shape index (κ3) is 5.57. The topological polar surface area (TPSA) is 57.6 Å². The highest BCUT2D eigenvalue weighted by molar-refractivity contribution is 7.86. The summed E-state index contributed by atoms with van der Waals surface area (Å²) in [6, 6.07) is 0. The van der Waals surface area contributed by atoms with E-state index in [4.69, 9.17) is 4.55 Å². The SMILES string of the molecule is CCCCCCC(N(C)C)S(=O)(=O)O. The van der Waals surface area contributed by atoms with Gasteiger partial charge in [0.1, 0.15) is 5.37 Å². The molecule has 0 amide bonds. The van der Waals surface area contributed by atoms with Crippen LogP contribution in [0.3, 0.4) is 0 Å². The molecule has 0 radical (unpaired) electrons. The minimum atomic E-state index is -3.93. The molecule has 0 aliphatic carbocycles. The second-order valence-electron chi connectivity index (χ2n) is 3.78. The number of rotatable bonds is 7. The second-order valence-corrected chi connectivity index (χ2v) is 5.36. The Morgan fingerprint density at radius 3 is 2.14 bits per heavy atom. The summed E-state index contributed by atoms with van der Waals surface area (Å²) >= 11 is 0. The van der Waals surface area contributed by atoms with E-state index in [-0.39, 0.29) is 0 Å². The van der Waals surface area contributed by atoms with Gasteiger partial charge in [0.25, 0.3) is 10.1 Å². The third-order valence-electron chi connectivity index (χ3n) is 2.22. The van der Waals surface area contributed by atoms with Gasteiger partial charge in [-0.2, -0.15) is 8.42 Å². The van der Waals surface area contributed by atoms with Crippen LogP contribution in [-0.4, -0.2) is 37.3 Å². The fourth-order valence-corrected chi connectivity index (χ4v) is 2.42. The lowest BCUT2D eigenvalue weighted by molar-refractivity contribution is 0.317. The summed E-state index contributed by atoms with van der Waals surface area (Å²) in [5.74, 6) is 0. The molecule has 0 aromatic rings. The molecule has 0 fully saturated rings. The van der Waals surface area contributed by atoms with E-state index >= 15 is 0 Å². The lowest BCUT2D eigenvalue weighted by Crippen LogP contribution is -2.35. The van der Waals surface area contributed by atoms with Gasteiger partial charge < -0.3 is 0 Å². The Labute approximate surface area is 87.0 Å². The lowest BCUT2D eigenvalue weighted by Gasteiger charge is -2.20. The van der Waals surface area contributed by atoms with Crippen molar-refractivity contribution in [1.29, 1.82) is 0 Å². The molecule has 1 atom stereocenters. The first-order valence-electron chi connectivity index (χ1n) is 5.02. The maximum atomic E-state index is 11.0. The van der Waals surface area contributed by atoms with E-state index in [2.05, 4.69) is 6.92 Å². The molecule has 0 rings (SSSR count). The highest BCUT2D eigenvalue weighted by Crippen LogP contribution is 2.12. The monoisotopic (exact) mass is 223 g/mol. The van der Waals surface area contributed by atoms with Gasteiger partial charge >= 0.3 is 0 Å². The highest BCUT2D eigenvalue weighted by Gasteiger charge is 2.24. The van der Waals surface area contributed by atoms with Gasteiger partial charge in [-0.15, -0.1) is 0 Å². The lowest BCUT2D eigenvalue weighted by atomic mass is 10.1. The zero-order chi connectivity index (χ0) is 11.2. The quantitative estimate of drug-likeness (QED) is 0.527. The van der Waals surface area contributed by atoms with Gasteiger partial charge in [-0.05, 0) is 20.5 Å². The molecule has 0 heterocycles. The summed E-state index contributed by atoms with van der Waals surface area (Å²) in [6.45, 7) is 2.10. The summed E-state index contributed by atoms with van der Waals surface area (Å²) in [6.07, 6.45) is 4.61.